The summed E-state index contributed by atoms with van der Waals surface area (Å²) in [6, 6.07) is -0.201. The van der Waals surface area contributed by atoms with Gasteiger partial charge in [-0.25, -0.2) is 4.79 Å². The van der Waals surface area contributed by atoms with Crippen molar-refractivity contribution < 1.29 is 14.7 Å². The Morgan fingerprint density at radius 1 is 1.53 bits per heavy atom. The highest BCUT2D eigenvalue weighted by Crippen LogP contribution is 2.05. The van der Waals surface area contributed by atoms with Gasteiger partial charge >= 0.3 is 12.0 Å². The monoisotopic (exact) mass is 268 g/mol. The molecule has 0 aliphatic rings. The lowest BCUT2D eigenvalue weighted by atomic mass is 10.1. The number of nitrogens with zero attached hydrogens (tertiary/aromatic N) is 2. The summed E-state index contributed by atoms with van der Waals surface area (Å²) in [6.07, 6.45) is 5.99. The van der Waals surface area contributed by atoms with Gasteiger partial charge in [-0.15, -0.1) is 0 Å². The summed E-state index contributed by atoms with van der Waals surface area (Å²) < 4.78 is 1.25. The molecule has 0 radical (unpaired) electrons. The lowest BCUT2D eigenvalue weighted by Gasteiger charge is -2.13. The van der Waals surface area contributed by atoms with Gasteiger partial charge in [-0.2, -0.15) is 5.10 Å². The molecule has 0 aliphatic carbocycles. The predicted octanol–water partition coefficient (Wildman–Crippen LogP) is 1.67. The van der Waals surface area contributed by atoms with Gasteiger partial charge in [-0.05, 0) is 13.3 Å². The first-order chi connectivity index (χ1) is 9.01. The van der Waals surface area contributed by atoms with Gasteiger partial charge in [0.05, 0.1) is 11.9 Å². The molecule has 3 N–H and O–H groups in total. The molecule has 106 valence electrons. The number of carboxylic acid groups (broad SMARTS) is 1. The van der Waals surface area contributed by atoms with E-state index in [9.17, 15) is 9.59 Å². The first-order valence-corrected chi connectivity index (χ1v) is 6.33. The highest BCUT2D eigenvalue weighted by Gasteiger charge is 2.08. The molecule has 0 spiro atoms. The quantitative estimate of drug-likeness (QED) is 0.700. The third-order valence-corrected chi connectivity index (χ3v) is 2.56. The molecule has 0 bridgehead atoms. The zero-order chi connectivity index (χ0) is 14.3. The number of nitrogens with one attached hydrogen (secondary N) is 2. The molecule has 1 unspecified atom stereocenters. The van der Waals surface area contributed by atoms with Crippen molar-refractivity contribution in [3.8, 4) is 0 Å². The first-order valence-electron chi connectivity index (χ1n) is 6.33. The lowest BCUT2D eigenvalue weighted by Crippen LogP contribution is -2.35. The number of hydrogen-bond donors (Lipinski definition) is 3. The third kappa shape index (κ3) is 5.89. The molecule has 1 aromatic heterocycles. The molecule has 19 heavy (non-hydrogen) atoms. The third-order valence-electron chi connectivity index (χ3n) is 2.56. The van der Waals surface area contributed by atoms with Crippen molar-refractivity contribution in [3.63, 3.8) is 0 Å². The minimum Gasteiger partial charge on any atom is -0.480 e. The molecule has 2 amide bonds. The van der Waals surface area contributed by atoms with Gasteiger partial charge in [0.25, 0.3) is 0 Å². The van der Waals surface area contributed by atoms with Gasteiger partial charge in [-0.1, -0.05) is 19.8 Å². The first kappa shape index (κ1) is 15.0. The maximum atomic E-state index is 11.6. The molecule has 0 saturated carbocycles. The Morgan fingerprint density at radius 3 is 2.89 bits per heavy atom. The van der Waals surface area contributed by atoms with E-state index in [2.05, 4.69) is 22.7 Å². The van der Waals surface area contributed by atoms with Crippen LogP contribution in [0.5, 0.6) is 0 Å². The molecule has 0 aromatic carbocycles. The topological polar surface area (TPSA) is 96.3 Å². The van der Waals surface area contributed by atoms with E-state index in [-0.39, 0.29) is 18.6 Å². The lowest BCUT2D eigenvalue weighted by molar-refractivity contribution is -0.137. The number of rotatable bonds is 7. The number of urea groups is 1. The average Bonchev–Trinajstić information content (AvgIpc) is 2.72. The standard InChI is InChI=1S/C12H20N4O3/c1-3-4-5-9(2)14-12(19)15-10-6-13-16(7-10)8-11(17)18/h6-7,9H,3-5,8H2,1-2H3,(H,17,18)(H2,14,15,19). The van der Waals surface area contributed by atoms with Crippen LogP contribution in [0.2, 0.25) is 0 Å². The van der Waals surface area contributed by atoms with Gasteiger partial charge in [0.2, 0.25) is 0 Å². The fourth-order valence-electron chi connectivity index (χ4n) is 1.63. The molecule has 1 heterocycles. The number of carboxylic acids is 1. The number of hydrogen-bond acceptors (Lipinski definition) is 3. The highest BCUT2D eigenvalue weighted by molar-refractivity contribution is 5.89. The van der Waals surface area contributed by atoms with Crippen molar-refractivity contribution in [3.05, 3.63) is 12.4 Å². The Morgan fingerprint density at radius 2 is 2.26 bits per heavy atom. The molecule has 0 fully saturated rings. The summed E-state index contributed by atoms with van der Waals surface area (Å²) >= 11 is 0. The molecular formula is C12H20N4O3. The molecule has 0 aliphatic heterocycles. The van der Waals surface area contributed by atoms with Crippen molar-refractivity contribution in [1.29, 1.82) is 0 Å². The van der Waals surface area contributed by atoms with Crippen molar-refractivity contribution in [2.45, 2.75) is 45.7 Å². The van der Waals surface area contributed by atoms with E-state index >= 15 is 0 Å². The minimum atomic E-state index is -0.979. The second-order valence-corrected chi connectivity index (χ2v) is 4.46. The van der Waals surface area contributed by atoms with Gasteiger partial charge in [0.15, 0.2) is 0 Å². The number of amides is 2. The van der Waals surface area contributed by atoms with E-state index in [1.54, 1.807) is 0 Å². The van der Waals surface area contributed by atoms with Gasteiger partial charge in [0, 0.05) is 12.2 Å². The number of aliphatic carboxylic acids is 1. The number of carbonyl (C=O) groups excluding carboxylic acids is 1. The van der Waals surface area contributed by atoms with E-state index in [0.717, 1.165) is 19.3 Å². The summed E-state index contributed by atoms with van der Waals surface area (Å²) in [5, 5.41) is 17.9. The molecule has 7 heteroatoms. The van der Waals surface area contributed by atoms with Crippen molar-refractivity contribution in [1.82, 2.24) is 15.1 Å². The van der Waals surface area contributed by atoms with E-state index < -0.39 is 5.97 Å². The van der Waals surface area contributed by atoms with Gasteiger partial charge < -0.3 is 15.7 Å². The second kappa shape index (κ2) is 7.40. The second-order valence-electron chi connectivity index (χ2n) is 4.46. The van der Waals surface area contributed by atoms with E-state index in [1.165, 1.54) is 17.1 Å². The molecule has 0 saturated heterocycles. The number of anilines is 1. The number of carbonyl (C=O) groups is 2. The molecule has 1 rings (SSSR count). The zero-order valence-corrected chi connectivity index (χ0v) is 11.2. The van der Waals surface area contributed by atoms with Gasteiger partial charge in [-0.3, -0.25) is 9.48 Å². The van der Waals surface area contributed by atoms with Crippen molar-refractivity contribution >= 4 is 17.7 Å². The van der Waals surface area contributed by atoms with Crippen molar-refractivity contribution in [2.75, 3.05) is 5.32 Å². The van der Waals surface area contributed by atoms with E-state index in [1.807, 2.05) is 6.92 Å². The Kier molecular flexibility index (Phi) is 5.84. The smallest absolute Gasteiger partial charge is 0.325 e. The zero-order valence-electron chi connectivity index (χ0n) is 11.2. The van der Waals surface area contributed by atoms with Crippen LogP contribution in [0, 0.1) is 0 Å². The Bertz CT molecular complexity index is 430. The summed E-state index contributed by atoms with van der Waals surface area (Å²) in [5.41, 5.74) is 0.474. The summed E-state index contributed by atoms with van der Waals surface area (Å²) in [5.74, 6) is -0.979. The summed E-state index contributed by atoms with van der Waals surface area (Å²) in [7, 11) is 0. The van der Waals surface area contributed by atoms with Crippen LogP contribution < -0.4 is 10.6 Å². The Hall–Kier alpha value is -2.05. The summed E-state index contributed by atoms with van der Waals surface area (Å²) in [4.78, 5) is 22.1. The molecule has 7 nitrogen and oxygen atoms in total. The highest BCUT2D eigenvalue weighted by atomic mass is 16.4. The fourth-order valence-corrected chi connectivity index (χ4v) is 1.63. The van der Waals surface area contributed by atoms with E-state index in [4.69, 9.17) is 5.11 Å². The van der Waals surface area contributed by atoms with Crippen molar-refractivity contribution in [2.24, 2.45) is 0 Å². The normalized spacial score (nSPS) is 11.9. The minimum absolute atomic E-state index is 0.106. The number of unbranched alkanes of at least 4 members (excludes halogenated alkanes) is 1. The van der Waals surface area contributed by atoms with Crippen LogP contribution in [0.15, 0.2) is 12.4 Å². The maximum absolute atomic E-state index is 11.6. The van der Waals surface area contributed by atoms with Crippen LogP contribution >= 0.6 is 0 Å². The van der Waals surface area contributed by atoms with Gasteiger partial charge in [0.1, 0.15) is 6.54 Å². The fraction of sp³-hybridized carbons (Fsp3) is 0.583. The largest absolute Gasteiger partial charge is 0.480 e. The van der Waals surface area contributed by atoms with Crippen LogP contribution in [-0.2, 0) is 11.3 Å². The summed E-state index contributed by atoms with van der Waals surface area (Å²) in [6.45, 7) is 3.82. The maximum Gasteiger partial charge on any atom is 0.325 e. The Balaban J connectivity index is 2.39. The van der Waals surface area contributed by atoms with Crippen LogP contribution in [0.3, 0.4) is 0 Å². The van der Waals surface area contributed by atoms with Crippen LogP contribution in [0.1, 0.15) is 33.1 Å². The van der Waals surface area contributed by atoms with Crippen LogP contribution in [-0.4, -0.2) is 32.9 Å². The van der Waals surface area contributed by atoms with E-state index in [0.29, 0.717) is 5.69 Å². The molecular weight excluding hydrogens is 248 g/mol. The Labute approximate surface area is 112 Å². The molecule has 1 atom stereocenters. The SMILES string of the molecule is CCCCC(C)NC(=O)Nc1cnn(CC(=O)O)c1. The van der Waals surface area contributed by atoms with Crippen LogP contribution in [0.25, 0.3) is 0 Å². The molecule has 1 aromatic rings. The van der Waals surface area contributed by atoms with Crippen LogP contribution in [0.4, 0.5) is 10.5 Å². The average molecular weight is 268 g/mol. The predicted molar refractivity (Wildman–Crippen MR) is 71.0 cm³/mol. The number of aromatic nitrogens is 2.